The molecule has 0 atom stereocenters. The van der Waals surface area contributed by atoms with Crippen molar-refractivity contribution in [3.63, 3.8) is 0 Å². The Labute approximate surface area is 63.4 Å². The first-order chi connectivity index (χ1) is 5.11. The molecule has 0 fully saturated rings. The number of nitrogens with two attached hydrogens (primary N) is 2. The minimum Gasteiger partial charge on any atom is -0.399 e. The van der Waals surface area contributed by atoms with Crippen molar-refractivity contribution in [2.24, 2.45) is 0 Å². The fourth-order valence-corrected chi connectivity index (χ4v) is 0.755. The van der Waals surface area contributed by atoms with Crippen molar-refractivity contribution in [1.29, 1.82) is 0 Å². The van der Waals surface area contributed by atoms with E-state index in [-0.39, 0.29) is 16.6 Å². The smallest absolute Gasteiger partial charge is 0.117 e. The molecule has 0 aliphatic carbocycles. The Morgan fingerprint density at radius 2 is 1.82 bits per heavy atom. The normalized spacial score (nSPS) is 9.64. The number of hydrogen-bond donors (Lipinski definition) is 4. The molecule has 1 aromatic carbocycles. The molecule has 6 N–H and O–H groups in total. The van der Waals surface area contributed by atoms with Crippen molar-refractivity contribution in [2.75, 3.05) is 16.7 Å². The van der Waals surface area contributed by atoms with Gasteiger partial charge in [0.15, 0.2) is 0 Å². The molecule has 1 rings (SSSR count). The summed E-state index contributed by atoms with van der Waals surface area (Å²) in [5.74, 6) is 0. The summed E-state index contributed by atoms with van der Waals surface area (Å²) in [5, 5.41) is 17.1. The maximum Gasteiger partial charge on any atom is 0.117 e. The van der Waals surface area contributed by atoms with E-state index in [1.165, 1.54) is 18.2 Å². The first-order valence-electron chi connectivity index (χ1n) is 2.94. The van der Waals surface area contributed by atoms with Gasteiger partial charge in [0.25, 0.3) is 0 Å². The second-order valence-electron chi connectivity index (χ2n) is 2.11. The van der Waals surface area contributed by atoms with Gasteiger partial charge >= 0.3 is 0 Å². The molecule has 0 aliphatic heterocycles. The Balaban J connectivity index is 3.09. The minimum atomic E-state index is -0.0469. The van der Waals surface area contributed by atoms with Crippen LogP contribution in [0.5, 0.6) is 0 Å². The zero-order valence-electron chi connectivity index (χ0n) is 5.73. The van der Waals surface area contributed by atoms with Crippen molar-refractivity contribution >= 4 is 17.1 Å². The topological polar surface area (TPSA) is 95.7 Å². The number of hydrogen-bond acceptors (Lipinski definition) is 5. The summed E-state index contributed by atoms with van der Waals surface area (Å²) in [6.07, 6.45) is 0. The van der Waals surface area contributed by atoms with Crippen molar-refractivity contribution < 1.29 is 10.4 Å². The Morgan fingerprint density at radius 3 is 2.27 bits per heavy atom. The average molecular weight is 155 g/mol. The predicted octanol–water partition coefficient (Wildman–Crippen LogP) is 0.436. The summed E-state index contributed by atoms with van der Waals surface area (Å²) >= 11 is 0. The second-order valence-corrected chi connectivity index (χ2v) is 2.11. The number of nitrogens with zero attached hydrogens (tertiary/aromatic N) is 1. The van der Waals surface area contributed by atoms with Gasteiger partial charge in [-0.15, -0.1) is 5.23 Å². The van der Waals surface area contributed by atoms with E-state index in [9.17, 15) is 0 Å². The third-order valence-electron chi connectivity index (χ3n) is 1.27. The third-order valence-corrected chi connectivity index (χ3v) is 1.27. The molecule has 1 aromatic rings. The monoisotopic (exact) mass is 155 g/mol. The lowest BCUT2D eigenvalue weighted by Crippen LogP contribution is -2.13. The molecule has 0 spiro atoms. The van der Waals surface area contributed by atoms with Crippen LogP contribution in [0.4, 0.5) is 17.1 Å². The Hall–Kier alpha value is -1.46. The van der Waals surface area contributed by atoms with Crippen LogP contribution in [0.15, 0.2) is 18.2 Å². The highest BCUT2D eigenvalue weighted by Crippen LogP contribution is 2.22. The Morgan fingerprint density at radius 1 is 1.18 bits per heavy atom. The van der Waals surface area contributed by atoms with E-state index in [1.807, 2.05) is 0 Å². The van der Waals surface area contributed by atoms with E-state index in [0.717, 1.165) is 0 Å². The van der Waals surface area contributed by atoms with Gasteiger partial charge in [0.1, 0.15) is 5.69 Å². The van der Waals surface area contributed by atoms with Crippen LogP contribution in [0.2, 0.25) is 0 Å². The highest BCUT2D eigenvalue weighted by Gasteiger charge is 2.03. The molecule has 0 aromatic heterocycles. The van der Waals surface area contributed by atoms with Crippen molar-refractivity contribution in [1.82, 2.24) is 0 Å². The van der Waals surface area contributed by atoms with Gasteiger partial charge in [-0.1, -0.05) is 0 Å². The van der Waals surface area contributed by atoms with Crippen LogP contribution >= 0.6 is 0 Å². The zero-order chi connectivity index (χ0) is 8.43. The Kier molecular flexibility index (Phi) is 1.84. The van der Waals surface area contributed by atoms with Crippen LogP contribution in [0, 0.1) is 0 Å². The predicted molar refractivity (Wildman–Crippen MR) is 41.3 cm³/mol. The van der Waals surface area contributed by atoms with Crippen LogP contribution in [0.1, 0.15) is 0 Å². The highest BCUT2D eigenvalue weighted by atomic mass is 16.8. The van der Waals surface area contributed by atoms with Crippen LogP contribution in [0.25, 0.3) is 0 Å². The van der Waals surface area contributed by atoms with E-state index in [1.54, 1.807) is 0 Å². The summed E-state index contributed by atoms with van der Waals surface area (Å²) in [6, 6.07) is 4.37. The maximum atomic E-state index is 8.56. The zero-order valence-corrected chi connectivity index (χ0v) is 5.73. The van der Waals surface area contributed by atoms with Gasteiger partial charge in [0.05, 0.1) is 5.69 Å². The molecule has 0 amide bonds. The van der Waals surface area contributed by atoms with Crippen molar-refractivity contribution in [2.45, 2.75) is 0 Å². The molecular weight excluding hydrogens is 146 g/mol. The van der Waals surface area contributed by atoms with Crippen LogP contribution in [0.3, 0.4) is 0 Å². The average Bonchev–Trinajstić information content (AvgIpc) is 1.85. The summed E-state index contributed by atoms with van der Waals surface area (Å²) in [5.41, 5.74) is 11.6. The van der Waals surface area contributed by atoms with Gasteiger partial charge < -0.3 is 11.5 Å². The Bertz CT molecular complexity index is 262. The second kappa shape index (κ2) is 2.65. The van der Waals surface area contributed by atoms with Gasteiger partial charge in [-0.3, -0.25) is 10.4 Å². The van der Waals surface area contributed by atoms with Gasteiger partial charge in [-0.2, -0.15) is 0 Å². The third kappa shape index (κ3) is 1.51. The van der Waals surface area contributed by atoms with Gasteiger partial charge in [0, 0.05) is 5.69 Å². The number of nitrogen functional groups attached to an aromatic ring is 2. The number of benzene rings is 1. The standard InChI is InChI=1S/C6H9N3O2/c7-4-1-2-6(9(10)11)5(8)3-4/h1-3,10-11H,7-8H2. The van der Waals surface area contributed by atoms with Gasteiger partial charge in [-0.25, -0.2) is 0 Å². The summed E-state index contributed by atoms with van der Waals surface area (Å²) in [4.78, 5) is 0. The highest BCUT2D eigenvalue weighted by molar-refractivity contribution is 5.69. The van der Waals surface area contributed by atoms with Crippen LogP contribution < -0.4 is 16.7 Å². The largest absolute Gasteiger partial charge is 0.399 e. The molecule has 0 saturated heterocycles. The lowest BCUT2D eigenvalue weighted by molar-refractivity contribution is 0.0296. The van der Waals surface area contributed by atoms with E-state index in [4.69, 9.17) is 21.9 Å². The van der Waals surface area contributed by atoms with Crippen LogP contribution in [-0.4, -0.2) is 10.4 Å². The number of anilines is 3. The van der Waals surface area contributed by atoms with Gasteiger partial charge in [0.2, 0.25) is 0 Å². The summed E-state index contributed by atoms with van der Waals surface area (Å²) in [7, 11) is 0. The molecular formula is C6H9N3O2. The molecule has 5 heteroatoms. The SMILES string of the molecule is Nc1ccc(N(O)O)c(N)c1. The molecule has 60 valence electrons. The first-order valence-corrected chi connectivity index (χ1v) is 2.94. The molecule has 11 heavy (non-hydrogen) atoms. The van der Waals surface area contributed by atoms with Crippen molar-refractivity contribution in [3.8, 4) is 0 Å². The summed E-state index contributed by atoms with van der Waals surface area (Å²) < 4.78 is 0. The fourth-order valence-electron chi connectivity index (χ4n) is 0.755. The quantitative estimate of drug-likeness (QED) is 0.348. The van der Waals surface area contributed by atoms with E-state index < -0.39 is 0 Å². The maximum absolute atomic E-state index is 8.56. The van der Waals surface area contributed by atoms with Crippen LogP contribution in [-0.2, 0) is 0 Å². The molecule has 0 unspecified atom stereocenters. The number of rotatable bonds is 1. The first kappa shape index (κ1) is 7.64. The molecule has 5 nitrogen and oxygen atoms in total. The summed E-state index contributed by atoms with van der Waals surface area (Å²) in [6.45, 7) is 0. The molecule has 0 aliphatic rings. The van der Waals surface area contributed by atoms with Gasteiger partial charge in [-0.05, 0) is 18.2 Å². The molecule has 0 radical (unpaired) electrons. The molecule has 0 saturated carbocycles. The van der Waals surface area contributed by atoms with E-state index in [0.29, 0.717) is 5.69 Å². The lowest BCUT2D eigenvalue weighted by Gasteiger charge is -2.10. The minimum absolute atomic E-state index is 0.0469. The fraction of sp³-hybridized carbons (Fsp3) is 0. The van der Waals surface area contributed by atoms with E-state index in [2.05, 4.69) is 0 Å². The lowest BCUT2D eigenvalue weighted by atomic mass is 10.2. The molecule has 0 heterocycles. The van der Waals surface area contributed by atoms with E-state index >= 15 is 0 Å². The molecule has 0 bridgehead atoms. The van der Waals surface area contributed by atoms with Crippen molar-refractivity contribution in [3.05, 3.63) is 18.2 Å².